The molecule has 1 aromatic carbocycles. The lowest BCUT2D eigenvalue weighted by Crippen LogP contribution is -2.31. The van der Waals surface area contributed by atoms with Crippen LogP contribution in [0.25, 0.3) is 0 Å². The number of hydrogen-bond donors (Lipinski definition) is 1. The van der Waals surface area contributed by atoms with E-state index in [1.54, 1.807) is 19.2 Å². The van der Waals surface area contributed by atoms with Crippen LogP contribution in [0.4, 0.5) is 5.69 Å². The highest BCUT2D eigenvalue weighted by molar-refractivity contribution is 7.89. The lowest BCUT2D eigenvalue weighted by molar-refractivity contribution is 0.393. The Kier molecular flexibility index (Phi) is 6.49. The van der Waals surface area contributed by atoms with E-state index in [2.05, 4.69) is 26.1 Å². The minimum Gasteiger partial charge on any atom is -0.385 e. The molecule has 0 bridgehead atoms. The number of nitrogens with zero attached hydrogens (tertiary/aromatic N) is 1. The van der Waals surface area contributed by atoms with Crippen molar-refractivity contribution in [1.82, 2.24) is 4.31 Å². The number of sulfonamides is 1. The first kappa shape index (κ1) is 17.0. The second kappa shape index (κ2) is 7.64. The average molecular weight is 298 g/mol. The topological polar surface area (TPSA) is 49.4 Å². The van der Waals surface area contributed by atoms with E-state index >= 15 is 0 Å². The van der Waals surface area contributed by atoms with Crippen molar-refractivity contribution in [2.45, 2.75) is 38.5 Å². The van der Waals surface area contributed by atoms with Crippen LogP contribution in [0.5, 0.6) is 0 Å². The van der Waals surface area contributed by atoms with E-state index in [0.717, 1.165) is 25.1 Å². The summed E-state index contributed by atoms with van der Waals surface area (Å²) in [5.41, 5.74) is 0.954. The van der Waals surface area contributed by atoms with E-state index in [-0.39, 0.29) is 0 Å². The molecule has 0 heterocycles. The lowest BCUT2D eigenvalue weighted by atomic mass is 10.1. The van der Waals surface area contributed by atoms with Crippen LogP contribution in [0.3, 0.4) is 0 Å². The fourth-order valence-electron chi connectivity index (χ4n) is 1.86. The first-order valence-corrected chi connectivity index (χ1v) is 8.66. The molecule has 0 saturated carbocycles. The Hall–Kier alpha value is -1.07. The molecule has 0 aliphatic rings. The minimum atomic E-state index is -3.38. The number of rotatable bonds is 8. The van der Waals surface area contributed by atoms with Gasteiger partial charge in [-0.25, -0.2) is 12.7 Å². The van der Waals surface area contributed by atoms with E-state index in [1.807, 2.05) is 12.1 Å². The SMILES string of the molecule is CCCNc1ccc(S(=O)(=O)N(C)CC(C)CC)cc1. The van der Waals surface area contributed by atoms with Crippen molar-refractivity contribution < 1.29 is 8.42 Å². The molecule has 1 aromatic rings. The quantitative estimate of drug-likeness (QED) is 0.802. The minimum absolute atomic E-state index is 0.352. The maximum absolute atomic E-state index is 12.4. The Bertz CT molecular complexity index is 497. The monoisotopic (exact) mass is 298 g/mol. The van der Waals surface area contributed by atoms with Crippen LogP contribution in [0.15, 0.2) is 29.2 Å². The van der Waals surface area contributed by atoms with E-state index < -0.39 is 10.0 Å². The summed E-state index contributed by atoms with van der Waals surface area (Å²) in [4.78, 5) is 0.352. The van der Waals surface area contributed by atoms with Gasteiger partial charge in [0.2, 0.25) is 10.0 Å². The summed E-state index contributed by atoms with van der Waals surface area (Å²) in [5, 5.41) is 3.24. The van der Waals surface area contributed by atoms with Gasteiger partial charge in [-0.15, -0.1) is 0 Å². The molecule has 0 fully saturated rings. The second-order valence-corrected chi connectivity index (χ2v) is 7.30. The Morgan fingerprint density at radius 1 is 1.20 bits per heavy atom. The molecule has 20 heavy (non-hydrogen) atoms. The van der Waals surface area contributed by atoms with Gasteiger partial charge in [0.1, 0.15) is 0 Å². The van der Waals surface area contributed by atoms with Crippen molar-refractivity contribution in [3.05, 3.63) is 24.3 Å². The van der Waals surface area contributed by atoms with Gasteiger partial charge in [0.25, 0.3) is 0 Å². The number of nitrogens with one attached hydrogen (secondary N) is 1. The summed E-state index contributed by atoms with van der Waals surface area (Å²) < 4.78 is 26.3. The normalized spacial score (nSPS) is 13.4. The Balaban J connectivity index is 2.81. The van der Waals surface area contributed by atoms with Crippen LogP contribution in [-0.2, 0) is 10.0 Å². The predicted molar refractivity (Wildman–Crippen MR) is 84.5 cm³/mol. The number of anilines is 1. The molecule has 0 radical (unpaired) electrons. The smallest absolute Gasteiger partial charge is 0.242 e. The predicted octanol–water partition coefficient (Wildman–Crippen LogP) is 3.18. The van der Waals surface area contributed by atoms with Crippen LogP contribution in [0.2, 0.25) is 0 Å². The van der Waals surface area contributed by atoms with Gasteiger partial charge in [-0.3, -0.25) is 0 Å². The van der Waals surface area contributed by atoms with Crippen LogP contribution in [0, 0.1) is 5.92 Å². The summed E-state index contributed by atoms with van der Waals surface area (Å²) in [6.07, 6.45) is 2.01. The van der Waals surface area contributed by atoms with Gasteiger partial charge in [-0.1, -0.05) is 27.2 Å². The molecule has 0 spiro atoms. The third kappa shape index (κ3) is 4.49. The molecule has 0 aliphatic carbocycles. The molecule has 0 aliphatic heterocycles. The van der Waals surface area contributed by atoms with Gasteiger partial charge >= 0.3 is 0 Å². The summed E-state index contributed by atoms with van der Waals surface area (Å²) in [6.45, 7) is 7.66. The zero-order chi connectivity index (χ0) is 15.2. The first-order valence-electron chi connectivity index (χ1n) is 7.22. The molecule has 0 aromatic heterocycles. The zero-order valence-corrected chi connectivity index (χ0v) is 13.7. The molecule has 0 saturated heterocycles. The molecular formula is C15H26N2O2S. The third-order valence-electron chi connectivity index (χ3n) is 3.41. The van der Waals surface area contributed by atoms with Crippen molar-refractivity contribution in [3.63, 3.8) is 0 Å². The molecule has 114 valence electrons. The first-order chi connectivity index (χ1) is 9.41. The summed E-state index contributed by atoms with van der Waals surface area (Å²) in [5.74, 6) is 0.361. The molecule has 1 unspecified atom stereocenters. The van der Waals surface area contributed by atoms with Crippen molar-refractivity contribution in [1.29, 1.82) is 0 Å². The maximum atomic E-state index is 12.4. The van der Waals surface area contributed by atoms with Crippen LogP contribution in [0.1, 0.15) is 33.6 Å². The van der Waals surface area contributed by atoms with E-state index in [4.69, 9.17) is 0 Å². The zero-order valence-electron chi connectivity index (χ0n) is 12.9. The van der Waals surface area contributed by atoms with Gasteiger partial charge < -0.3 is 5.32 Å². The molecule has 1 N–H and O–H groups in total. The van der Waals surface area contributed by atoms with E-state index in [1.165, 1.54) is 4.31 Å². The highest BCUT2D eigenvalue weighted by Gasteiger charge is 2.21. The standard InChI is InChI=1S/C15H26N2O2S/c1-5-11-16-14-7-9-15(10-8-14)20(18,19)17(4)12-13(3)6-2/h7-10,13,16H,5-6,11-12H2,1-4H3. The van der Waals surface area contributed by atoms with Gasteiger partial charge in [0.05, 0.1) is 4.90 Å². The molecule has 0 amide bonds. The van der Waals surface area contributed by atoms with Crippen molar-refractivity contribution in [2.75, 3.05) is 25.5 Å². The summed E-state index contributed by atoms with van der Waals surface area (Å²) in [7, 11) is -1.73. The van der Waals surface area contributed by atoms with E-state index in [0.29, 0.717) is 17.4 Å². The van der Waals surface area contributed by atoms with Gasteiger partial charge in [-0.2, -0.15) is 0 Å². The fourth-order valence-corrected chi connectivity index (χ4v) is 3.15. The Morgan fingerprint density at radius 2 is 1.80 bits per heavy atom. The van der Waals surface area contributed by atoms with Crippen molar-refractivity contribution >= 4 is 15.7 Å². The highest BCUT2D eigenvalue weighted by atomic mass is 32.2. The molecule has 4 nitrogen and oxygen atoms in total. The van der Waals surface area contributed by atoms with Crippen molar-refractivity contribution in [2.24, 2.45) is 5.92 Å². The van der Waals surface area contributed by atoms with Crippen LogP contribution < -0.4 is 5.32 Å². The Morgan fingerprint density at radius 3 is 2.30 bits per heavy atom. The largest absolute Gasteiger partial charge is 0.385 e. The number of hydrogen-bond acceptors (Lipinski definition) is 3. The average Bonchev–Trinajstić information content (AvgIpc) is 2.45. The lowest BCUT2D eigenvalue weighted by Gasteiger charge is -2.20. The van der Waals surface area contributed by atoms with Gasteiger partial charge in [-0.05, 0) is 36.6 Å². The summed E-state index contributed by atoms with van der Waals surface area (Å²) >= 11 is 0. The van der Waals surface area contributed by atoms with Gasteiger partial charge in [0.15, 0.2) is 0 Å². The Labute approximate surface area is 123 Å². The second-order valence-electron chi connectivity index (χ2n) is 5.25. The van der Waals surface area contributed by atoms with Gasteiger partial charge in [0, 0.05) is 25.8 Å². The highest BCUT2D eigenvalue weighted by Crippen LogP contribution is 2.18. The van der Waals surface area contributed by atoms with Crippen LogP contribution >= 0.6 is 0 Å². The molecule has 1 rings (SSSR count). The maximum Gasteiger partial charge on any atom is 0.242 e. The molecular weight excluding hydrogens is 272 g/mol. The summed E-state index contributed by atoms with van der Waals surface area (Å²) in [6, 6.07) is 6.97. The van der Waals surface area contributed by atoms with Crippen molar-refractivity contribution in [3.8, 4) is 0 Å². The van der Waals surface area contributed by atoms with E-state index in [9.17, 15) is 8.42 Å². The molecule has 5 heteroatoms. The van der Waals surface area contributed by atoms with Crippen LogP contribution in [-0.4, -0.2) is 32.9 Å². The fraction of sp³-hybridized carbons (Fsp3) is 0.600. The molecule has 1 atom stereocenters. The number of benzene rings is 1. The third-order valence-corrected chi connectivity index (χ3v) is 5.24.